The maximum atomic E-state index is 13.4. The van der Waals surface area contributed by atoms with E-state index in [-0.39, 0.29) is 18.3 Å². The standard InChI is InChI=1S/C16H11F2NO3/c17-11-2-3-12(18)13(8-11)19-6-5-14(20)10-1-4-15-16(7-10)22-9-21-15/h1-8,19H,9H2. The first-order chi connectivity index (χ1) is 10.6. The van der Waals surface area contributed by atoms with Gasteiger partial charge in [-0.15, -0.1) is 0 Å². The van der Waals surface area contributed by atoms with Gasteiger partial charge in [-0.1, -0.05) is 0 Å². The maximum absolute atomic E-state index is 13.4. The van der Waals surface area contributed by atoms with Crippen LogP contribution in [-0.2, 0) is 0 Å². The minimum atomic E-state index is -0.610. The van der Waals surface area contributed by atoms with Gasteiger partial charge in [-0.3, -0.25) is 4.79 Å². The molecule has 1 N–H and O–H groups in total. The van der Waals surface area contributed by atoms with Gasteiger partial charge in [-0.2, -0.15) is 0 Å². The van der Waals surface area contributed by atoms with E-state index >= 15 is 0 Å². The Labute approximate surface area is 125 Å². The van der Waals surface area contributed by atoms with Crippen molar-refractivity contribution in [3.05, 3.63) is 65.9 Å². The highest BCUT2D eigenvalue weighted by Gasteiger charge is 2.15. The largest absolute Gasteiger partial charge is 0.454 e. The van der Waals surface area contributed by atoms with Crippen LogP contribution in [0.25, 0.3) is 0 Å². The average molecular weight is 303 g/mol. The number of rotatable bonds is 4. The Morgan fingerprint density at radius 1 is 1.09 bits per heavy atom. The first-order valence-corrected chi connectivity index (χ1v) is 6.45. The monoisotopic (exact) mass is 303 g/mol. The molecule has 0 fully saturated rings. The molecule has 3 rings (SSSR count). The molecular formula is C16H11F2NO3. The third-order valence-corrected chi connectivity index (χ3v) is 3.06. The van der Waals surface area contributed by atoms with Crippen LogP contribution in [0, 0.1) is 11.6 Å². The fourth-order valence-corrected chi connectivity index (χ4v) is 1.96. The van der Waals surface area contributed by atoms with Crippen molar-refractivity contribution in [1.82, 2.24) is 0 Å². The summed E-state index contributed by atoms with van der Waals surface area (Å²) in [6.45, 7) is 0.128. The molecule has 2 aromatic carbocycles. The molecule has 0 saturated carbocycles. The predicted octanol–water partition coefficient (Wildman–Crippen LogP) is 3.50. The molecule has 2 aromatic rings. The van der Waals surface area contributed by atoms with Gasteiger partial charge in [0.2, 0.25) is 6.79 Å². The number of ketones is 1. The summed E-state index contributed by atoms with van der Waals surface area (Å²) in [6, 6.07) is 7.84. The molecule has 6 heteroatoms. The summed E-state index contributed by atoms with van der Waals surface area (Å²) in [6.07, 6.45) is 2.48. The zero-order valence-corrected chi connectivity index (χ0v) is 11.3. The first-order valence-electron chi connectivity index (χ1n) is 6.45. The second-order valence-electron chi connectivity index (χ2n) is 4.53. The SMILES string of the molecule is O=C(C=CNc1cc(F)ccc1F)c1ccc2c(c1)OCO2. The van der Waals surface area contributed by atoms with E-state index in [9.17, 15) is 13.6 Å². The Hall–Kier alpha value is -2.89. The number of halogens is 2. The van der Waals surface area contributed by atoms with E-state index in [0.29, 0.717) is 17.1 Å². The fraction of sp³-hybridized carbons (Fsp3) is 0.0625. The van der Waals surface area contributed by atoms with Crippen molar-refractivity contribution in [1.29, 1.82) is 0 Å². The van der Waals surface area contributed by atoms with Crippen molar-refractivity contribution in [2.24, 2.45) is 0 Å². The molecule has 0 amide bonds. The van der Waals surface area contributed by atoms with Crippen LogP contribution in [0.3, 0.4) is 0 Å². The average Bonchev–Trinajstić information content (AvgIpc) is 2.98. The number of nitrogens with one attached hydrogen (secondary N) is 1. The van der Waals surface area contributed by atoms with Crippen LogP contribution in [0.15, 0.2) is 48.7 Å². The number of ether oxygens (including phenoxy) is 2. The summed E-state index contributed by atoms with van der Waals surface area (Å²) >= 11 is 0. The van der Waals surface area contributed by atoms with Gasteiger partial charge in [0.25, 0.3) is 0 Å². The van der Waals surface area contributed by atoms with E-state index in [1.54, 1.807) is 18.2 Å². The van der Waals surface area contributed by atoms with Gasteiger partial charge >= 0.3 is 0 Å². The summed E-state index contributed by atoms with van der Waals surface area (Å²) in [5, 5.41) is 2.53. The van der Waals surface area contributed by atoms with Crippen LogP contribution < -0.4 is 14.8 Å². The summed E-state index contributed by atoms with van der Waals surface area (Å²) in [5.41, 5.74) is 0.358. The Balaban J connectivity index is 1.70. The Kier molecular flexibility index (Phi) is 3.74. The second kappa shape index (κ2) is 5.85. The molecule has 1 aliphatic rings. The summed E-state index contributed by atoms with van der Waals surface area (Å²) in [4.78, 5) is 12.0. The Morgan fingerprint density at radius 3 is 2.77 bits per heavy atom. The zero-order chi connectivity index (χ0) is 15.5. The smallest absolute Gasteiger partial charge is 0.231 e. The number of benzene rings is 2. The number of hydrogen-bond acceptors (Lipinski definition) is 4. The van der Waals surface area contributed by atoms with Crippen LogP contribution in [0.5, 0.6) is 11.5 Å². The molecule has 0 spiro atoms. The van der Waals surface area contributed by atoms with Crippen LogP contribution in [-0.4, -0.2) is 12.6 Å². The lowest BCUT2D eigenvalue weighted by molar-refractivity contribution is 0.104. The highest BCUT2D eigenvalue weighted by atomic mass is 19.1. The topological polar surface area (TPSA) is 47.6 Å². The van der Waals surface area contributed by atoms with Gasteiger partial charge < -0.3 is 14.8 Å². The summed E-state index contributed by atoms with van der Waals surface area (Å²) in [5.74, 6) is -0.396. The molecule has 112 valence electrons. The normalized spacial score (nSPS) is 12.6. The zero-order valence-electron chi connectivity index (χ0n) is 11.3. The van der Waals surface area contributed by atoms with Gasteiger partial charge in [-0.05, 0) is 30.3 Å². The molecule has 0 saturated heterocycles. The molecule has 1 heterocycles. The lowest BCUT2D eigenvalue weighted by Gasteiger charge is -2.02. The second-order valence-corrected chi connectivity index (χ2v) is 4.53. The van der Waals surface area contributed by atoms with Gasteiger partial charge in [0, 0.05) is 23.9 Å². The highest BCUT2D eigenvalue weighted by Crippen LogP contribution is 2.32. The molecule has 1 aliphatic heterocycles. The number of carbonyl (C=O) groups is 1. The fourth-order valence-electron chi connectivity index (χ4n) is 1.96. The van der Waals surface area contributed by atoms with Crippen molar-refractivity contribution in [3.8, 4) is 11.5 Å². The van der Waals surface area contributed by atoms with Crippen LogP contribution in [0.2, 0.25) is 0 Å². The van der Waals surface area contributed by atoms with Crippen LogP contribution in [0.1, 0.15) is 10.4 Å². The van der Waals surface area contributed by atoms with Crippen LogP contribution >= 0.6 is 0 Å². The predicted molar refractivity (Wildman–Crippen MR) is 76.0 cm³/mol. The van der Waals surface area contributed by atoms with Gasteiger partial charge in [0.1, 0.15) is 11.6 Å². The van der Waals surface area contributed by atoms with Crippen molar-refractivity contribution in [2.75, 3.05) is 12.1 Å². The van der Waals surface area contributed by atoms with Crippen molar-refractivity contribution in [2.45, 2.75) is 0 Å². The lowest BCUT2D eigenvalue weighted by atomic mass is 10.1. The molecule has 0 aromatic heterocycles. The van der Waals surface area contributed by atoms with E-state index in [4.69, 9.17) is 9.47 Å². The van der Waals surface area contributed by atoms with E-state index < -0.39 is 11.6 Å². The number of anilines is 1. The molecule has 0 radical (unpaired) electrons. The Bertz CT molecular complexity index is 759. The Morgan fingerprint density at radius 2 is 1.91 bits per heavy atom. The van der Waals surface area contributed by atoms with E-state index in [1.807, 2.05) is 0 Å². The minimum Gasteiger partial charge on any atom is -0.454 e. The number of fused-ring (bicyclic) bond motifs is 1. The quantitative estimate of drug-likeness (QED) is 0.693. The number of carbonyl (C=O) groups excluding carboxylic acids is 1. The number of allylic oxidation sites excluding steroid dienone is 1. The molecule has 0 aliphatic carbocycles. The molecule has 0 unspecified atom stereocenters. The van der Waals surface area contributed by atoms with E-state index in [2.05, 4.69) is 5.32 Å². The number of hydrogen-bond donors (Lipinski definition) is 1. The minimum absolute atomic E-state index is 0.0465. The molecular weight excluding hydrogens is 292 g/mol. The van der Waals surface area contributed by atoms with E-state index in [0.717, 1.165) is 18.2 Å². The maximum Gasteiger partial charge on any atom is 0.231 e. The lowest BCUT2D eigenvalue weighted by Crippen LogP contribution is -1.98. The highest BCUT2D eigenvalue weighted by molar-refractivity contribution is 6.05. The molecule has 0 atom stereocenters. The third kappa shape index (κ3) is 2.90. The van der Waals surface area contributed by atoms with Crippen molar-refractivity contribution >= 4 is 11.5 Å². The van der Waals surface area contributed by atoms with Gasteiger partial charge in [0.15, 0.2) is 17.3 Å². The summed E-state index contributed by atoms with van der Waals surface area (Å²) < 4.78 is 36.7. The molecule has 22 heavy (non-hydrogen) atoms. The molecule has 4 nitrogen and oxygen atoms in total. The first kappa shape index (κ1) is 14.1. The third-order valence-electron chi connectivity index (χ3n) is 3.06. The van der Waals surface area contributed by atoms with Crippen LogP contribution in [0.4, 0.5) is 14.5 Å². The van der Waals surface area contributed by atoms with Crippen molar-refractivity contribution in [3.63, 3.8) is 0 Å². The van der Waals surface area contributed by atoms with Gasteiger partial charge in [0.05, 0.1) is 5.69 Å². The summed E-state index contributed by atoms with van der Waals surface area (Å²) in [7, 11) is 0. The van der Waals surface area contributed by atoms with E-state index in [1.165, 1.54) is 12.3 Å². The van der Waals surface area contributed by atoms with Crippen molar-refractivity contribution < 1.29 is 23.0 Å². The molecule has 0 bridgehead atoms. The van der Waals surface area contributed by atoms with Gasteiger partial charge in [-0.25, -0.2) is 8.78 Å².